The normalized spacial score (nSPS) is 14.1. The Morgan fingerprint density at radius 3 is 3.04 bits per heavy atom. The summed E-state index contributed by atoms with van der Waals surface area (Å²) in [6.07, 6.45) is 3.74. The average molecular weight is 312 g/mol. The lowest BCUT2D eigenvalue weighted by Crippen LogP contribution is -2.02. The van der Waals surface area contributed by atoms with Gasteiger partial charge >= 0.3 is 0 Å². The third kappa shape index (κ3) is 2.80. The van der Waals surface area contributed by atoms with Crippen molar-refractivity contribution in [1.29, 1.82) is 0 Å². The van der Waals surface area contributed by atoms with E-state index in [1.54, 1.807) is 23.1 Å². The van der Waals surface area contributed by atoms with Crippen molar-refractivity contribution in [2.75, 3.05) is 0 Å². The number of benzene rings is 1. The first-order chi connectivity index (χ1) is 11.2. The smallest absolute Gasteiger partial charge is 0.270 e. The number of hydrogen-bond donors (Lipinski definition) is 0. The lowest BCUT2D eigenvalue weighted by molar-refractivity contribution is -0.384. The van der Waals surface area contributed by atoms with E-state index in [0.29, 0.717) is 35.6 Å². The Bertz CT molecular complexity index is 867. The Labute approximate surface area is 130 Å². The molecule has 0 atom stereocenters. The van der Waals surface area contributed by atoms with E-state index >= 15 is 0 Å². The highest BCUT2D eigenvalue weighted by atomic mass is 16.6. The Morgan fingerprint density at radius 1 is 1.39 bits per heavy atom. The van der Waals surface area contributed by atoms with Crippen LogP contribution in [0.25, 0.3) is 11.4 Å². The van der Waals surface area contributed by atoms with Crippen LogP contribution in [-0.4, -0.2) is 29.8 Å². The molecular formula is C14H12N6O3. The fourth-order valence-electron chi connectivity index (χ4n) is 2.23. The minimum atomic E-state index is -0.445. The van der Waals surface area contributed by atoms with Crippen molar-refractivity contribution in [3.8, 4) is 11.4 Å². The highest BCUT2D eigenvalue weighted by molar-refractivity contribution is 5.58. The molecule has 0 bridgehead atoms. The van der Waals surface area contributed by atoms with E-state index in [1.165, 1.54) is 12.1 Å². The van der Waals surface area contributed by atoms with E-state index in [4.69, 9.17) is 4.52 Å². The van der Waals surface area contributed by atoms with Gasteiger partial charge < -0.3 is 4.52 Å². The molecule has 1 fully saturated rings. The minimum Gasteiger partial charge on any atom is -0.339 e. The summed E-state index contributed by atoms with van der Waals surface area (Å²) in [4.78, 5) is 18.9. The second-order valence-corrected chi connectivity index (χ2v) is 5.40. The number of nitrogens with zero attached hydrogens (tertiary/aromatic N) is 6. The van der Waals surface area contributed by atoms with Gasteiger partial charge in [-0.3, -0.25) is 10.1 Å². The Kier molecular flexibility index (Phi) is 3.11. The van der Waals surface area contributed by atoms with Crippen molar-refractivity contribution in [2.45, 2.75) is 25.3 Å². The zero-order chi connectivity index (χ0) is 15.8. The summed E-state index contributed by atoms with van der Waals surface area (Å²) in [5.41, 5.74) is 0.593. The van der Waals surface area contributed by atoms with Crippen LogP contribution in [-0.2, 0) is 6.54 Å². The maximum Gasteiger partial charge on any atom is 0.270 e. The van der Waals surface area contributed by atoms with Crippen LogP contribution >= 0.6 is 0 Å². The van der Waals surface area contributed by atoms with Crippen LogP contribution < -0.4 is 0 Å². The molecule has 4 rings (SSSR count). The summed E-state index contributed by atoms with van der Waals surface area (Å²) >= 11 is 0. The molecule has 0 amide bonds. The average Bonchev–Trinajstić information content (AvgIpc) is 3.13. The molecule has 0 N–H and O–H groups in total. The zero-order valence-electron chi connectivity index (χ0n) is 12.0. The summed E-state index contributed by atoms with van der Waals surface area (Å²) in [6, 6.07) is 6.21. The number of hydrogen-bond acceptors (Lipinski definition) is 7. The predicted octanol–water partition coefficient (Wildman–Crippen LogP) is 2.16. The molecule has 0 radical (unpaired) electrons. The topological polar surface area (TPSA) is 113 Å². The molecule has 0 aliphatic heterocycles. The SMILES string of the molecule is O=[N+]([O-])c1cccc(-c2ncn(Cc3noc(C4CC4)n3)n2)c1. The molecule has 2 heterocycles. The van der Waals surface area contributed by atoms with E-state index in [1.807, 2.05) is 0 Å². The first-order valence-corrected chi connectivity index (χ1v) is 7.16. The number of rotatable bonds is 5. The highest BCUT2D eigenvalue weighted by Gasteiger charge is 2.29. The van der Waals surface area contributed by atoms with Crippen molar-refractivity contribution < 1.29 is 9.45 Å². The van der Waals surface area contributed by atoms with Crippen LogP contribution in [0.5, 0.6) is 0 Å². The molecule has 9 heteroatoms. The van der Waals surface area contributed by atoms with Crippen LogP contribution in [0.2, 0.25) is 0 Å². The number of aromatic nitrogens is 5. The second kappa shape index (κ2) is 5.27. The summed E-state index contributed by atoms with van der Waals surface area (Å²) < 4.78 is 6.78. The lowest BCUT2D eigenvalue weighted by atomic mass is 10.2. The van der Waals surface area contributed by atoms with Crippen molar-refractivity contribution in [1.82, 2.24) is 24.9 Å². The van der Waals surface area contributed by atoms with Crippen LogP contribution in [0.4, 0.5) is 5.69 Å². The standard InChI is InChI=1S/C14H12N6O3/c21-20(22)11-3-1-2-10(6-11)13-15-8-19(17-13)7-12-16-14(23-18-12)9-4-5-9/h1-3,6,8-9H,4-5,7H2. The third-order valence-electron chi connectivity index (χ3n) is 3.57. The summed E-state index contributed by atoms with van der Waals surface area (Å²) in [5, 5.41) is 19.1. The maximum atomic E-state index is 10.8. The van der Waals surface area contributed by atoms with E-state index in [0.717, 1.165) is 12.8 Å². The van der Waals surface area contributed by atoms with Gasteiger partial charge in [-0.2, -0.15) is 10.1 Å². The molecule has 1 aromatic carbocycles. The summed E-state index contributed by atoms with van der Waals surface area (Å²) in [6.45, 7) is 0.345. The monoisotopic (exact) mass is 312 g/mol. The van der Waals surface area contributed by atoms with E-state index in [9.17, 15) is 10.1 Å². The van der Waals surface area contributed by atoms with Crippen molar-refractivity contribution in [2.24, 2.45) is 0 Å². The van der Waals surface area contributed by atoms with Crippen LogP contribution in [0, 0.1) is 10.1 Å². The molecule has 23 heavy (non-hydrogen) atoms. The van der Waals surface area contributed by atoms with Gasteiger partial charge in [-0.1, -0.05) is 17.3 Å². The third-order valence-corrected chi connectivity index (χ3v) is 3.57. The van der Waals surface area contributed by atoms with Gasteiger partial charge in [-0.05, 0) is 12.8 Å². The first kappa shape index (κ1) is 13.6. The number of non-ortho nitro benzene ring substituents is 1. The molecule has 9 nitrogen and oxygen atoms in total. The molecule has 116 valence electrons. The van der Waals surface area contributed by atoms with Gasteiger partial charge in [0.2, 0.25) is 5.89 Å². The van der Waals surface area contributed by atoms with Gasteiger partial charge in [0.25, 0.3) is 5.69 Å². The second-order valence-electron chi connectivity index (χ2n) is 5.40. The van der Waals surface area contributed by atoms with Gasteiger partial charge in [0.15, 0.2) is 11.6 Å². The lowest BCUT2D eigenvalue weighted by Gasteiger charge is -1.96. The molecule has 0 spiro atoms. The van der Waals surface area contributed by atoms with Gasteiger partial charge in [0.1, 0.15) is 12.9 Å². The predicted molar refractivity (Wildman–Crippen MR) is 77.5 cm³/mol. The zero-order valence-corrected chi connectivity index (χ0v) is 12.0. The van der Waals surface area contributed by atoms with E-state index < -0.39 is 4.92 Å². The van der Waals surface area contributed by atoms with E-state index in [-0.39, 0.29) is 5.69 Å². The van der Waals surface area contributed by atoms with Gasteiger partial charge in [-0.25, -0.2) is 9.67 Å². The molecule has 0 saturated heterocycles. The molecule has 3 aromatic rings. The molecular weight excluding hydrogens is 300 g/mol. The van der Waals surface area contributed by atoms with Crippen LogP contribution in [0.3, 0.4) is 0 Å². The molecule has 0 unspecified atom stereocenters. The quantitative estimate of drug-likeness (QED) is 0.524. The Balaban J connectivity index is 1.53. The van der Waals surface area contributed by atoms with Gasteiger partial charge in [0, 0.05) is 23.6 Å². The highest BCUT2D eigenvalue weighted by Crippen LogP contribution is 2.38. The molecule has 2 aromatic heterocycles. The summed E-state index contributed by atoms with van der Waals surface area (Å²) in [7, 11) is 0. The van der Waals surface area contributed by atoms with Crippen molar-refractivity contribution in [3.05, 3.63) is 52.4 Å². The molecule has 1 aliphatic rings. The van der Waals surface area contributed by atoms with Crippen molar-refractivity contribution >= 4 is 5.69 Å². The van der Waals surface area contributed by atoms with Crippen LogP contribution in [0.15, 0.2) is 35.1 Å². The fraction of sp³-hybridized carbons (Fsp3) is 0.286. The number of nitro benzene ring substituents is 1. The molecule has 1 aliphatic carbocycles. The fourth-order valence-corrected chi connectivity index (χ4v) is 2.23. The molecule has 1 saturated carbocycles. The Hall–Kier alpha value is -3.10. The van der Waals surface area contributed by atoms with Gasteiger partial charge in [0.05, 0.1) is 4.92 Å². The van der Waals surface area contributed by atoms with Crippen molar-refractivity contribution in [3.63, 3.8) is 0 Å². The van der Waals surface area contributed by atoms with E-state index in [2.05, 4.69) is 20.2 Å². The first-order valence-electron chi connectivity index (χ1n) is 7.16. The maximum absolute atomic E-state index is 10.8. The minimum absolute atomic E-state index is 0.00564. The van der Waals surface area contributed by atoms with Crippen LogP contribution in [0.1, 0.15) is 30.5 Å². The Morgan fingerprint density at radius 2 is 2.26 bits per heavy atom. The number of nitro groups is 1. The van der Waals surface area contributed by atoms with Gasteiger partial charge in [-0.15, -0.1) is 0 Å². The summed E-state index contributed by atoms with van der Waals surface area (Å²) in [5.74, 6) is 2.05. The largest absolute Gasteiger partial charge is 0.339 e.